The van der Waals surface area contributed by atoms with Crippen LogP contribution in [0.2, 0.25) is 0 Å². The van der Waals surface area contributed by atoms with Gasteiger partial charge < -0.3 is 10.6 Å². The zero-order valence-corrected chi connectivity index (χ0v) is 10.5. The molecule has 0 atom stereocenters. The first kappa shape index (κ1) is 11.5. The molecule has 0 radical (unpaired) electrons. The van der Waals surface area contributed by atoms with E-state index in [0.29, 0.717) is 0 Å². The molecule has 1 rings (SSSR count). The van der Waals surface area contributed by atoms with Crippen molar-refractivity contribution in [1.82, 2.24) is 5.32 Å². The minimum atomic E-state index is 0.106. The lowest BCUT2D eigenvalue weighted by atomic mass is 10.1. The molecule has 0 spiro atoms. The summed E-state index contributed by atoms with van der Waals surface area (Å²) in [6, 6.07) is 8.14. The molecule has 0 amide bonds. The Labute approximate surface area is 94.2 Å². The van der Waals surface area contributed by atoms with Crippen molar-refractivity contribution >= 4 is 21.6 Å². The summed E-state index contributed by atoms with van der Waals surface area (Å²) in [6.07, 6.45) is 0. The third kappa shape index (κ3) is 3.31. The van der Waals surface area contributed by atoms with Crippen molar-refractivity contribution in [2.24, 2.45) is 0 Å². The summed E-state index contributed by atoms with van der Waals surface area (Å²) in [7, 11) is 1.97. The number of nitrogens with one attached hydrogen (secondary N) is 2. The van der Waals surface area contributed by atoms with Crippen LogP contribution in [0, 0.1) is 0 Å². The molecule has 2 N–H and O–H groups in total. The van der Waals surface area contributed by atoms with Gasteiger partial charge in [-0.15, -0.1) is 0 Å². The quantitative estimate of drug-likeness (QED) is 0.866. The van der Waals surface area contributed by atoms with Crippen LogP contribution in [0.15, 0.2) is 28.7 Å². The van der Waals surface area contributed by atoms with Crippen LogP contribution in [0.5, 0.6) is 0 Å². The monoisotopic (exact) mass is 256 g/mol. The molecule has 3 heteroatoms. The highest BCUT2D eigenvalue weighted by molar-refractivity contribution is 9.10. The van der Waals surface area contributed by atoms with Gasteiger partial charge in [0.15, 0.2) is 0 Å². The number of likely N-dealkylation sites (N-methyl/N-ethyl adjacent to an activating group) is 1. The predicted octanol–water partition coefficient (Wildman–Crippen LogP) is 2.86. The van der Waals surface area contributed by atoms with Crippen molar-refractivity contribution in [2.45, 2.75) is 19.4 Å². The molecule has 1 aromatic carbocycles. The van der Waals surface area contributed by atoms with Crippen molar-refractivity contribution in [3.63, 3.8) is 0 Å². The van der Waals surface area contributed by atoms with Gasteiger partial charge in [0, 0.05) is 22.2 Å². The highest BCUT2D eigenvalue weighted by Gasteiger charge is 2.13. The molecule has 0 heterocycles. The van der Waals surface area contributed by atoms with Crippen molar-refractivity contribution in [3.8, 4) is 0 Å². The van der Waals surface area contributed by atoms with Gasteiger partial charge in [0.2, 0.25) is 0 Å². The summed E-state index contributed by atoms with van der Waals surface area (Å²) in [6.45, 7) is 5.22. The van der Waals surface area contributed by atoms with Gasteiger partial charge in [-0.25, -0.2) is 0 Å². The second-order valence-corrected chi connectivity index (χ2v) is 4.82. The summed E-state index contributed by atoms with van der Waals surface area (Å²) in [5.41, 5.74) is 1.24. The van der Waals surface area contributed by atoms with Crippen LogP contribution in [0.25, 0.3) is 0 Å². The van der Waals surface area contributed by atoms with E-state index in [0.717, 1.165) is 16.7 Å². The lowest BCUT2D eigenvalue weighted by Crippen LogP contribution is -2.42. The fourth-order valence-corrected chi connectivity index (χ4v) is 1.43. The van der Waals surface area contributed by atoms with Gasteiger partial charge >= 0.3 is 0 Å². The molecule has 14 heavy (non-hydrogen) atoms. The van der Waals surface area contributed by atoms with E-state index in [9.17, 15) is 0 Å². The molecule has 0 aliphatic carbocycles. The topological polar surface area (TPSA) is 24.1 Å². The maximum Gasteiger partial charge on any atom is 0.0485 e. The van der Waals surface area contributed by atoms with Crippen molar-refractivity contribution in [1.29, 1.82) is 0 Å². The van der Waals surface area contributed by atoms with Gasteiger partial charge in [-0.05, 0) is 49.0 Å². The summed E-state index contributed by atoms with van der Waals surface area (Å²) in [5.74, 6) is 0. The summed E-state index contributed by atoms with van der Waals surface area (Å²) in [4.78, 5) is 0. The molecule has 0 bridgehead atoms. The highest BCUT2D eigenvalue weighted by Crippen LogP contribution is 2.21. The van der Waals surface area contributed by atoms with Gasteiger partial charge in [0.25, 0.3) is 0 Å². The standard InChI is InChI=1S/C11H17BrN2/c1-11(2,13-3)8-14-10-7-5-4-6-9(10)12/h4-7,13-14H,8H2,1-3H3. The normalized spacial score (nSPS) is 11.4. The molecule has 0 unspecified atom stereocenters. The average Bonchev–Trinajstić information content (AvgIpc) is 2.17. The van der Waals surface area contributed by atoms with E-state index < -0.39 is 0 Å². The van der Waals surface area contributed by atoms with E-state index in [1.807, 2.05) is 25.2 Å². The largest absolute Gasteiger partial charge is 0.382 e. The predicted molar refractivity (Wildman–Crippen MR) is 65.8 cm³/mol. The zero-order chi connectivity index (χ0) is 10.6. The Morgan fingerprint density at radius 2 is 1.93 bits per heavy atom. The number of para-hydroxylation sites is 1. The first-order valence-electron chi connectivity index (χ1n) is 4.72. The highest BCUT2D eigenvalue weighted by atomic mass is 79.9. The third-order valence-corrected chi connectivity index (χ3v) is 2.96. The van der Waals surface area contributed by atoms with Crippen LogP contribution >= 0.6 is 15.9 Å². The van der Waals surface area contributed by atoms with E-state index in [4.69, 9.17) is 0 Å². The fraction of sp³-hybridized carbons (Fsp3) is 0.455. The maximum atomic E-state index is 3.50. The zero-order valence-electron chi connectivity index (χ0n) is 8.89. The minimum Gasteiger partial charge on any atom is -0.382 e. The van der Waals surface area contributed by atoms with E-state index in [1.165, 1.54) is 0 Å². The molecule has 0 saturated carbocycles. The van der Waals surface area contributed by atoms with Gasteiger partial charge in [0.05, 0.1) is 0 Å². The van der Waals surface area contributed by atoms with E-state index in [2.05, 4.69) is 46.5 Å². The van der Waals surface area contributed by atoms with Crippen molar-refractivity contribution in [3.05, 3.63) is 28.7 Å². The molecule has 0 aliphatic rings. The van der Waals surface area contributed by atoms with Gasteiger partial charge in [-0.3, -0.25) is 0 Å². The Bertz CT molecular complexity index is 297. The lowest BCUT2D eigenvalue weighted by Gasteiger charge is -2.25. The number of anilines is 1. The Kier molecular flexibility index (Phi) is 3.96. The first-order valence-corrected chi connectivity index (χ1v) is 5.52. The van der Waals surface area contributed by atoms with Crippen LogP contribution in [0.3, 0.4) is 0 Å². The van der Waals surface area contributed by atoms with Crippen LogP contribution in [0.4, 0.5) is 5.69 Å². The Morgan fingerprint density at radius 1 is 1.29 bits per heavy atom. The Morgan fingerprint density at radius 3 is 2.50 bits per heavy atom. The summed E-state index contributed by atoms with van der Waals surface area (Å²) >= 11 is 3.50. The van der Waals surface area contributed by atoms with Crippen LogP contribution in [-0.2, 0) is 0 Å². The third-order valence-electron chi connectivity index (χ3n) is 2.27. The van der Waals surface area contributed by atoms with Gasteiger partial charge in [-0.2, -0.15) is 0 Å². The summed E-state index contributed by atoms with van der Waals surface area (Å²) < 4.78 is 1.10. The number of hydrogen-bond acceptors (Lipinski definition) is 2. The number of rotatable bonds is 4. The second kappa shape index (κ2) is 4.80. The van der Waals surface area contributed by atoms with Gasteiger partial charge in [0.1, 0.15) is 0 Å². The van der Waals surface area contributed by atoms with E-state index in [1.54, 1.807) is 0 Å². The Balaban J connectivity index is 2.58. The fourth-order valence-electron chi connectivity index (χ4n) is 1.01. The number of benzene rings is 1. The smallest absolute Gasteiger partial charge is 0.0485 e. The SMILES string of the molecule is CNC(C)(C)CNc1ccccc1Br. The maximum absolute atomic E-state index is 3.50. The molecular weight excluding hydrogens is 240 g/mol. The molecule has 1 aromatic rings. The minimum absolute atomic E-state index is 0.106. The van der Waals surface area contributed by atoms with E-state index >= 15 is 0 Å². The molecule has 0 fully saturated rings. The second-order valence-electron chi connectivity index (χ2n) is 3.97. The Hall–Kier alpha value is -0.540. The van der Waals surface area contributed by atoms with Crippen LogP contribution < -0.4 is 10.6 Å². The average molecular weight is 257 g/mol. The molecule has 0 aromatic heterocycles. The van der Waals surface area contributed by atoms with Crippen LogP contribution in [-0.4, -0.2) is 19.1 Å². The van der Waals surface area contributed by atoms with Crippen molar-refractivity contribution < 1.29 is 0 Å². The molecule has 2 nitrogen and oxygen atoms in total. The molecule has 0 aliphatic heterocycles. The number of halogens is 1. The lowest BCUT2D eigenvalue weighted by molar-refractivity contribution is 0.448. The van der Waals surface area contributed by atoms with Crippen LogP contribution in [0.1, 0.15) is 13.8 Å². The summed E-state index contributed by atoms with van der Waals surface area (Å²) in [5, 5.41) is 6.65. The van der Waals surface area contributed by atoms with Gasteiger partial charge in [-0.1, -0.05) is 12.1 Å². The molecule has 78 valence electrons. The van der Waals surface area contributed by atoms with E-state index in [-0.39, 0.29) is 5.54 Å². The first-order chi connectivity index (χ1) is 6.55. The van der Waals surface area contributed by atoms with Crippen molar-refractivity contribution in [2.75, 3.05) is 18.9 Å². The number of hydrogen-bond donors (Lipinski definition) is 2. The molecule has 0 saturated heterocycles. The molecular formula is C11H17BrN2.